The largest absolute Gasteiger partial charge is 0.274 e. The van der Waals surface area contributed by atoms with Crippen LogP contribution in [-0.4, -0.2) is 18.5 Å². The molecule has 0 N–H and O–H groups in total. The van der Waals surface area contributed by atoms with E-state index in [-0.39, 0.29) is 17.1 Å². The summed E-state index contributed by atoms with van der Waals surface area (Å²) in [7, 11) is 0. The highest BCUT2D eigenvalue weighted by Crippen LogP contribution is 2.34. The van der Waals surface area contributed by atoms with Crippen LogP contribution in [0.5, 0.6) is 0 Å². The molecule has 17 heavy (non-hydrogen) atoms. The Morgan fingerprint density at radius 2 is 2.06 bits per heavy atom. The highest BCUT2D eigenvalue weighted by atomic mass is 35.5. The average molecular weight is 276 g/mol. The zero-order valence-electron chi connectivity index (χ0n) is 8.62. The van der Waals surface area contributed by atoms with Crippen LogP contribution in [0.25, 0.3) is 0 Å². The fraction of sp³-hybridized carbons (Fsp3) is 0.273. The van der Waals surface area contributed by atoms with Crippen molar-refractivity contribution in [1.29, 1.82) is 0 Å². The van der Waals surface area contributed by atoms with E-state index in [2.05, 4.69) is 0 Å². The van der Waals surface area contributed by atoms with Crippen molar-refractivity contribution in [3.8, 4) is 0 Å². The van der Waals surface area contributed by atoms with Crippen LogP contribution in [0.15, 0.2) is 18.2 Å². The summed E-state index contributed by atoms with van der Waals surface area (Å²) in [6.45, 7) is -0.848. The number of halogens is 3. The number of hydrogen-bond acceptors (Lipinski definition) is 2. The lowest BCUT2D eigenvalue weighted by molar-refractivity contribution is -0.122. The van der Waals surface area contributed by atoms with Crippen molar-refractivity contribution in [2.45, 2.75) is 6.42 Å². The predicted molar refractivity (Wildman–Crippen MR) is 63.0 cm³/mol. The number of imide groups is 1. The van der Waals surface area contributed by atoms with Crippen LogP contribution < -0.4 is 4.90 Å². The monoisotopic (exact) mass is 275 g/mol. The maximum atomic E-state index is 12.5. The Bertz CT molecular complexity index is 492. The van der Waals surface area contributed by atoms with Crippen molar-refractivity contribution in [3.05, 3.63) is 28.2 Å². The zero-order valence-corrected chi connectivity index (χ0v) is 10.1. The molecule has 3 nitrogen and oxygen atoms in total. The predicted octanol–water partition coefficient (Wildman–Crippen LogP) is 2.84. The highest BCUT2D eigenvalue weighted by Gasteiger charge is 2.40. The van der Waals surface area contributed by atoms with Gasteiger partial charge in [-0.05, 0) is 18.2 Å². The normalized spacial score (nSPS) is 20.2. The smallest absolute Gasteiger partial charge is 0.240 e. The van der Waals surface area contributed by atoms with E-state index in [0.717, 1.165) is 4.90 Å². The molecule has 1 aliphatic rings. The Morgan fingerprint density at radius 3 is 2.65 bits per heavy atom. The molecular formula is C11H8Cl2FNO2. The van der Waals surface area contributed by atoms with Gasteiger partial charge in [-0.25, -0.2) is 4.90 Å². The van der Waals surface area contributed by atoms with Gasteiger partial charge in [-0.3, -0.25) is 14.0 Å². The summed E-state index contributed by atoms with van der Waals surface area (Å²) in [5.74, 6) is -1.93. The third kappa shape index (κ3) is 2.15. The molecular weight excluding hydrogens is 268 g/mol. The lowest BCUT2D eigenvalue weighted by atomic mass is 10.1. The van der Waals surface area contributed by atoms with E-state index in [9.17, 15) is 14.0 Å². The third-order valence-corrected chi connectivity index (χ3v) is 3.13. The second-order valence-electron chi connectivity index (χ2n) is 3.72. The molecule has 1 aromatic rings. The number of anilines is 1. The number of rotatable bonds is 2. The SMILES string of the molecule is O=C1CC(CF)C(=O)N1c1cc(Cl)ccc1Cl. The maximum absolute atomic E-state index is 12.5. The first kappa shape index (κ1) is 12.3. The Morgan fingerprint density at radius 1 is 1.35 bits per heavy atom. The van der Waals surface area contributed by atoms with Gasteiger partial charge >= 0.3 is 0 Å². The van der Waals surface area contributed by atoms with Crippen molar-refractivity contribution < 1.29 is 14.0 Å². The van der Waals surface area contributed by atoms with E-state index in [0.29, 0.717) is 5.02 Å². The molecule has 6 heteroatoms. The molecule has 90 valence electrons. The van der Waals surface area contributed by atoms with E-state index in [1.165, 1.54) is 12.1 Å². The van der Waals surface area contributed by atoms with E-state index in [1.54, 1.807) is 6.07 Å². The lowest BCUT2D eigenvalue weighted by Gasteiger charge is -2.16. The first-order chi connectivity index (χ1) is 8.04. The zero-order chi connectivity index (χ0) is 12.6. The molecule has 1 atom stereocenters. The molecule has 2 amide bonds. The van der Waals surface area contributed by atoms with Gasteiger partial charge in [0, 0.05) is 11.4 Å². The van der Waals surface area contributed by atoms with Crippen LogP contribution >= 0.6 is 23.2 Å². The number of benzene rings is 1. The molecule has 0 bridgehead atoms. The van der Waals surface area contributed by atoms with Gasteiger partial charge in [0.05, 0.1) is 16.6 Å². The lowest BCUT2D eigenvalue weighted by Crippen LogP contribution is -2.31. The average Bonchev–Trinajstić information content (AvgIpc) is 2.58. The topological polar surface area (TPSA) is 37.4 Å². The van der Waals surface area contributed by atoms with Crippen molar-refractivity contribution in [1.82, 2.24) is 0 Å². The number of alkyl halides is 1. The summed E-state index contributed by atoms with van der Waals surface area (Å²) < 4.78 is 12.5. The Balaban J connectivity index is 2.43. The first-order valence-electron chi connectivity index (χ1n) is 4.92. The Labute approximate surface area is 107 Å². The van der Waals surface area contributed by atoms with Crippen molar-refractivity contribution >= 4 is 40.7 Å². The summed E-state index contributed by atoms with van der Waals surface area (Å²) in [5, 5.41) is 0.587. The molecule has 1 aliphatic heterocycles. The molecule has 1 fully saturated rings. The summed E-state index contributed by atoms with van der Waals surface area (Å²) >= 11 is 11.7. The van der Waals surface area contributed by atoms with E-state index in [4.69, 9.17) is 23.2 Å². The maximum Gasteiger partial charge on any atom is 0.240 e. The van der Waals surface area contributed by atoms with Crippen molar-refractivity contribution in [3.63, 3.8) is 0 Å². The Hall–Kier alpha value is -1.13. The summed E-state index contributed by atoms with van der Waals surface area (Å²) in [6, 6.07) is 4.45. The third-order valence-electron chi connectivity index (χ3n) is 2.58. The molecule has 1 unspecified atom stereocenters. The van der Waals surface area contributed by atoms with Crippen LogP contribution in [0.2, 0.25) is 10.0 Å². The fourth-order valence-corrected chi connectivity index (χ4v) is 2.09. The van der Waals surface area contributed by atoms with Crippen molar-refractivity contribution in [2.75, 3.05) is 11.6 Å². The van der Waals surface area contributed by atoms with E-state index >= 15 is 0 Å². The number of nitrogens with zero attached hydrogens (tertiary/aromatic N) is 1. The van der Waals surface area contributed by atoms with Gasteiger partial charge in [0.25, 0.3) is 0 Å². The van der Waals surface area contributed by atoms with Gasteiger partial charge in [-0.15, -0.1) is 0 Å². The van der Waals surface area contributed by atoms with Gasteiger partial charge in [-0.1, -0.05) is 23.2 Å². The number of amides is 2. The van der Waals surface area contributed by atoms with Crippen LogP contribution in [0.1, 0.15) is 6.42 Å². The second-order valence-corrected chi connectivity index (χ2v) is 4.56. The van der Waals surface area contributed by atoms with Gasteiger partial charge in [0.15, 0.2) is 0 Å². The molecule has 0 aliphatic carbocycles. The van der Waals surface area contributed by atoms with E-state index < -0.39 is 24.4 Å². The molecule has 0 radical (unpaired) electrons. The number of carbonyl (C=O) groups is 2. The minimum Gasteiger partial charge on any atom is -0.274 e. The van der Waals surface area contributed by atoms with Gasteiger partial charge in [0.2, 0.25) is 11.8 Å². The van der Waals surface area contributed by atoms with E-state index in [1.807, 2.05) is 0 Å². The van der Waals surface area contributed by atoms with Crippen molar-refractivity contribution in [2.24, 2.45) is 5.92 Å². The molecule has 0 spiro atoms. The Kier molecular flexibility index (Phi) is 3.35. The van der Waals surface area contributed by atoms with Gasteiger partial charge in [0.1, 0.15) is 6.67 Å². The van der Waals surface area contributed by atoms with Crippen LogP contribution in [0, 0.1) is 5.92 Å². The molecule has 0 saturated carbocycles. The highest BCUT2D eigenvalue weighted by molar-refractivity contribution is 6.37. The fourth-order valence-electron chi connectivity index (χ4n) is 1.73. The standard InChI is InChI=1S/C11H8Cl2FNO2/c12-7-1-2-8(13)9(4-7)15-10(16)3-6(5-14)11(15)17/h1-2,4,6H,3,5H2. The van der Waals surface area contributed by atoms with Crippen LogP contribution in [0.3, 0.4) is 0 Å². The molecule has 0 aromatic heterocycles. The number of carbonyl (C=O) groups excluding carboxylic acids is 2. The summed E-state index contributed by atoms with van der Waals surface area (Å²) in [4.78, 5) is 24.3. The number of hydrogen-bond donors (Lipinski definition) is 0. The first-order valence-corrected chi connectivity index (χ1v) is 5.68. The summed E-state index contributed by atoms with van der Waals surface area (Å²) in [5.41, 5.74) is 0.213. The molecule has 1 heterocycles. The quantitative estimate of drug-likeness (QED) is 0.779. The van der Waals surface area contributed by atoms with Gasteiger partial charge in [-0.2, -0.15) is 0 Å². The molecule has 2 rings (SSSR count). The minimum absolute atomic E-state index is 0.127. The molecule has 1 aromatic carbocycles. The minimum atomic E-state index is -0.905. The van der Waals surface area contributed by atoms with Crippen LogP contribution in [-0.2, 0) is 9.59 Å². The van der Waals surface area contributed by atoms with Gasteiger partial charge < -0.3 is 0 Å². The van der Waals surface area contributed by atoms with Crippen LogP contribution in [0.4, 0.5) is 10.1 Å². The summed E-state index contributed by atoms with van der Waals surface area (Å²) in [6.07, 6.45) is -0.127. The molecule has 1 saturated heterocycles. The second kappa shape index (κ2) is 4.63.